The Morgan fingerprint density at radius 3 is 1.73 bits per heavy atom. The molecule has 2 N–H and O–H groups in total. The molecule has 128 valence electrons. The van der Waals surface area contributed by atoms with E-state index in [1.165, 1.54) is 32.1 Å². The number of rotatable bonds is 13. The Balaban J connectivity index is 0. The van der Waals surface area contributed by atoms with Crippen molar-refractivity contribution in [3.8, 4) is 0 Å². The predicted molar refractivity (Wildman–Crippen MR) is 92.9 cm³/mol. The Hall–Kier alpha value is 0.511. The van der Waals surface area contributed by atoms with E-state index in [4.69, 9.17) is 10.2 Å². The maximum atomic E-state index is 11.0. The van der Waals surface area contributed by atoms with Gasteiger partial charge in [0.05, 0.1) is 0 Å². The van der Waals surface area contributed by atoms with Crippen molar-refractivity contribution in [1.82, 2.24) is 0 Å². The van der Waals surface area contributed by atoms with Gasteiger partial charge in [-0.15, -0.1) is 0 Å². The van der Waals surface area contributed by atoms with E-state index < -0.39 is 17.9 Å². The van der Waals surface area contributed by atoms with E-state index in [2.05, 4.69) is 6.92 Å². The number of hydrogen-bond donors (Lipinski definition) is 2. The molecule has 1 atom stereocenters. The summed E-state index contributed by atoms with van der Waals surface area (Å²) in [6.45, 7) is 6.30. The minimum atomic E-state index is -1.26. The van der Waals surface area contributed by atoms with E-state index in [1.54, 1.807) is 0 Å². The molecule has 1 unspecified atom stereocenters. The fourth-order valence-corrected chi connectivity index (χ4v) is 2.70. The molecule has 4 nitrogen and oxygen atoms in total. The van der Waals surface area contributed by atoms with Crippen LogP contribution in [0.1, 0.15) is 78.6 Å². The van der Waals surface area contributed by atoms with E-state index >= 15 is 0 Å². The van der Waals surface area contributed by atoms with Gasteiger partial charge in [-0.05, 0) is 18.3 Å². The van der Waals surface area contributed by atoms with Crippen LogP contribution in [0.3, 0.4) is 0 Å². The Bertz CT molecular complexity index is 291. The summed E-state index contributed by atoms with van der Waals surface area (Å²) in [5.41, 5.74) is 0. The Morgan fingerprint density at radius 1 is 0.864 bits per heavy atom. The molecule has 0 aromatic rings. The van der Waals surface area contributed by atoms with Crippen LogP contribution < -0.4 is 0 Å². The van der Waals surface area contributed by atoms with Crippen LogP contribution in [0, 0.1) is 17.8 Å². The molecule has 0 spiro atoms. The van der Waals surface area contributed by atoms with Gasteiger partial charge in [0.2, 0.25) is 0 Å². The molecule has 0 saturated carbocycles. The van der Waals surface area contributed by atoms with Crippen LogP contribution in [0.15, 0.2) is 0 Å². The molecular weight excluding hydrogens is 406 g/mol. The Kier molecular flexibility index (Phi) is 17.0. The molecule has 22 heavy (non-hydrogen) atoms. The van der Waals surface area contributed by atoms with Crippen LogP contribution in [0.5, 0.6) is 0 Å². The van der Waals surface area contributed by atoms with Crippen molar-refractivity contribution < 1.29 is 19.8 Å². The zero-order chi connectivity index (χ0) is 16.3. The third-order valence-electron chi connectivity index (χ3n) is 4.26. The van der Waals surface area contributed by atoms with E-state index in [1.807, 2.05) is 13.8 Å². The molecule has 0 heterocycles. The summed E-state index contributed by atoms with van der Waals surface area (Å²) in [5.74, 6) is -3.19. The SMILES string of the molecule is CCCCCCCCCC(CC(C(=O)O)C(=O)O)C(C)C.[BaH2]. The van der Waals surface area contributed by atoms with E-state index in [0.29, 0.717) is 5.92 Å². The first kappa shape index (κ1) is 24.8. The van der Waals surface area contributed by atoms with Gasteiger partial charge in [-0.2, -0.15) is 0 Å². The van der Waals surface area contributed by atoms with Crippen molar-refractivity contribution >= 4 is 60.8 Å². The third kappa shape index (κ3) is 12.0. The molecule has 0 radical (unpaired) electrons. The molecular formula is C17H34BaO4. The molecule has 0 aliphatic carbocycles. The molecule has 0 aliphatic heterocycles. The van der Waals surface area contributed by atoms with E-state index in [9.17, 15) is 9.59 Å². The van der Waals surface area contributed by atoms with Crippen molar-refractivity contribution in [2.45, 2.75) is 78.6 Å². The normalized spacial score (nSPS) is 12.2. The first-order valence-electron chi connectivity index (χ1n) is 8.35. The molecule has 0 aromatic carbocycles. The summed E-state index contributed by atoms with van der Waals surface area (Å²) >= 11 is 0. The van der Waals surface area contributed by atoms with Gasteiger partial charge >= 0.3 is 60.8 Å². The van der Waals surface area contributed by atoms with Gasteiger partial charge in [0.1, 0.15) is 0 Å². The molecule has 0 rings (SSSR count). The molecule has 0 amide bonds. The van der Waals surface area contributed by atoms with Gasteiger partial charge in [0.15, 0.2) is 5.92 Å². The monoisotopic (exact) mass is 440 g/mol. The second-order valence-corrected chi connectivity index (χ2v) is 6.38. The van der Waals surface area contributed by atoms with Crippen molar-refractivity contribution in [1.29, 1.82) is 0 Å². The number of unbranched alkanes of at least 4 members (excludes halogenated alkanes) is 6. The average molecular weight is 440 g/mol. The van der Waals surface area contributed by atoms with Gasteiger partial charge in [-0.25, -0.2) is 0 Å². The summed E-state index contributed by atoms with van der Waals surface area (Å²) in [7, 11) is 0. The van der Waals surface area contributed by atoms with Crippen LogP contribution in [0.25, 0.3) is 0 Å². The van der Waals surface area contributed by atoms with Crippen LogP contribution in [-0.4, -0.2) is 71.0 Å². The van der Waals surface area contributed by atoms with Gasteiger partial charge in [0.25, 0.3) is 0 Å². The maximum absolute atomic E-state index is 11.0. The molecule has 0 bridgehead atoms. The predicted octanol–water partition coefficient (Wildman–Crippen LogP) is 3.66. The summed E-state index contributed by atoms with van der Waals surface area (Å²) in [6.07, 6.45) is 9.76. The fraction of sp³-hybridized carbons (Fsp3) is 0.882. The first-order chi connectivity index (χ1) is 9.90. The van der Waals surface area contributed by atoms with Crippen LogP contribution in [0.2, 0.25) is 0 Å². The molecule has 5 heteroatoms. The van der Waals surface area contributed by atoms with Crippen LogP contribution in [0.4, 0.5) is 0 Å². The van der Waals surface area contributed by atoms with Crippen molar-refractivity contribution in [2.24, 2.45) is 17.8 Å². The number of hydrogen-bond acceptors (Lipinski definition) is 2. The van der Waals surface area contributed by atoms with Crippen molar-refractivity contribution in [2.75, 3.05) is 0 Å². The number of carboxylic acids is 2. The first-order valence-corrected chi connectivity index (χ1v) is 8.35. The zero-order valence-corrected chi connectivity index (χ0v) is 13.8. The minimum absolute atomic E-state index is 0. The average Bonchev–Trinajstić information content (AvgIpc) is 2.39. The quantitative estimate of drug-likeness (QED) is 0.261. The molecule has 0 aromatic heterocycles. The Labute approximate surface area is 175 Å². The standard InChI is InChI=1S/C17H32O4.Ba.2H/c1-4-5-6-7-8-9-10-11-14(13(2)3)12-15(16(18)19)17(20)21;;;/h13-15H,4-12H2,1-3H3,(H,18,19)(H,20,21);;;. The molecule has 0 saturated heterocycles. The van der Waals surface area contributed by atoms with Crippen molar-refractivity contribution in [3.05, 3.63) is 0 Å². The summed E-state index contributed by atoms with van der Waals surface area (Å²) < 4.78 is 0. The van der Waals surface area contributed by atoms with Crippen LogP contribution >= 0.6 is 0 Å². The number of carbonyl (C=O) groups is 2. The number of carboxylic acid groups (broad SMARTS) is 2. The summed E-state index contributed by atoms with van der Waals surface area (Å²) in [5, 5.41) is 18.0. The number of aliphatic carboxylic acids is 2. The molecule has 0 aliphatic rings. The summed E-state index contributed by atoms with van der Waals surface area (Å²) in [6, 6.07) is 0. The zero-order valence-electron chi connectivity index (χ0n) is 13.8. The second kappa shape index (κ2) is 15.1. The molecule has 0 fully saturated rings. The van der Waals surface area contributed by atoms with Crippen molar-refractivity contribution in [3.63, 3.8) is 0 Å². The second-order valence-electron chi connectivity index (χ2n) is 6.38. The van der Waals surface area contributed by atoms with E-state index in [-0.39, 0.29) is 61.2 Å². The van der Waals surface area contributed by atoms with Gasteiger partial charge in [-0.1, -0.05) is 72.1 Å². The third-order valence-corrected chi connectivity index (χ3v) is 4.26. The van der Waals surface area contributed by atoms with Crippen LogP contribution in [-0.2, 0) is 9.59 Å². The van der Waals surface area contributed by atoms with Gasteiger partial charge < -0.3 is 10.2 Å². The topological polar surface area (TPSA) is 74.6 Å². The fourth-order valence-electron chi connectivity index (χ4n) is 2.70. The summed E-state index contributed by atoms with van der Waals surface area (Å²) in [4.78, 5) is 22.0. The Morgan fingerprint density at radius 2 is 1.32 bits per heavy atom. The van der Waals surface area contributed by atoms with Gasteiger partial charge in [-0.3, -0.25) is 9.59 Å². The van der Waals surface area contributed by atoms with E-state index in [0.717, 1.165) is 19.3 Å². The van der Waals surface area contributed by atoms with Gasteiger partial charge in [0, 0.05) is 0 Å².